The van der Waals surface area contributed by atoms with Crippen LogP contribution in [0.25, 0.3) is 0 Å². The third-order valence-electron chi connectivity index (χ3n) is 2.68. The molecule has 1 aliphatic rings. The van der Waals surface area contributed by atoms with Crippen LogP contribution < -0.4 is 4.90 Å². The molecule has 1 atom stereocenters. The number of aromatic nitrogens is 2. The third-order valence-corrected chi connectivity index (χ3v) is 3.55. The second-order valence-electron chi connectivity index (χ2n) is 4.51. The van der Waals surface area contributed by atoms with Crippen molar-refractivity contribution in [2.45, 2.75) is 26.9 Å². The van der Waals surface area contributed by atoms with Gasteiger partial charge >= 0.3 is 0 Å². The van der Waals surface area contributed by atoms with Crippen molar-refractivity contribution in [3.05, 3.63) is 5.82 Å². The van der Waals surface area contributed by atoms with E-state index >= 15 is 0 Å². The number of β-amino-alcohol motifs (C(OH)–C–C–N with tert-alkyl or cyclic N) is 1. The smallest absolute Gasteiger partial charge is 0.205 e. The minimum Gasteiger partial charge on any atom is -0.391 e. The Hall–Kier alpha value is -0.680. The molecule has 2 heterocycles. The fourth-order valence-corrected chi connectivity index (χ4v) is 2.36. The van der Waals surface area contributed by atoms with E-state index in [1.807, 2.05) is 6.92 Å². The first kappa shape index (κ1) is 9.86. The summed E-state index contributed by atoms with van der Waals surface area (Å²) >= 11 is 1.40. The molecule has 0 aromatic carbocycles. The average molecular weight is 213 g/mol. The number of aliphatic hydroxyl groups is 1. The maximum atomic E-state index is 9.81. The van der Waals surface area contributed by atoms with Gasteiger partial charge in [-0.2, -0.15) is 4.37 Å². The summed E-state index contributed by atoms with van der Waals surface area (Å²) in [6.45, 7) is 7.55. The van der Waals surface area contributed by atoms with Crippen molar-refractivity contribution in [1.29, 1.82) is 0 Å². The minimum atomic E-state index is -0.272. The summed E-state index contributed by atoms with van der Waals surface area (Å²) < 4.78 is 4.14. The van der Waals surface area contributed by atoms with E-state index in [1.54, 1.807) is 0 Å². The zero-order valence-electron chi connectivity index (χ0n) is 8.69. The predicted molar refractivity (Wildman–Crippen MR) is 56.6 cm³/mol. The lowest BCUT2D eigenvalue weighted by Gasteiger charge is -2.20. The standard InChI is InChI=1S/C9H15N3OS/c1-6-10-8(14-11-6)12-4-7(13)9(2,3)5-12/h7,13H,4-5H2,1-3H3. The molecule has 1 unspecified atom stereocenters. The molecule has 1 N–H and O–H groups in total. The third kappa shape index (κ3) is 1.62. The molecule has 78 valence electrons. The number of hydrogen-bond donors (Lipinski definition) is 1. The van der Waals surface area contributed by atoms with Crippen LogP contribution in [0.1, 0.15) is 19.7 Å². The SMILES string of the molecule is Cc1nsc(N2CC(O)C(C)(C)C2)n1. The molecule has 0 amide bonds. The molecule has 0 aliphatic carbocycles. The number of aryl methyl sites for hydroxylation is 1. The van der Waals surface area contributed by atoms with Crippen molar-refractivity contribution in [1.82, 2.24) is 9.36 Å². The first-order valence-corrected chi connectivity index (χ1v) is 5.50. The molecule has 2 rings (SSSR count). The van der Waals surface area contributed by atoms with Crippen LogP contribution in [0.5, 0.6) is 0 Å². The van der Waals surface area contributed by atoms with Gasteiger partial charge in [-0.25, -0.2) is 4.98 Å². The fraction of sp³-hybridized carbons (Fsp3) is 0.778. The normalized spacial score (nSPS) is 25.7. The number of anilines is 1. The molecule has 4 nitrogen and oxygen atoms in total. The molecule has 1 fully saturated rings. The van der Waals surface area contributed by atoms with E-state index in [2.05, 4.69) is 28.1 Å². The monoisotopic (exact) mass is 213 g/mol. The Morgan fingerprint density at radius 1 is 1.57 bits per heavy atom. The van der Waals surface area contributed by atoms with Crippen LogP contribution in [0.2, 0.25) is 0 Å². The van der Waals surface area contributed by atoms with Crippen molar-refractivity contribution >= 4 is 16.7 Å². The van der Waals surface area contributed by atoms with Gasteiger partial charge in [0.25, 0.3) is 0 Å². The lowest BCUT2D eigenvalue weighted by atomic mass is 9.90. The molecule has 0 bridgehead atoms. The second-order valence-corrected chi connectivity index (χ2v) is 5.24. The molecular formula is C9H15N3OS. The Balaban J connectivity index is 2.16. The molecule has 14 heavy (non-hydrogen) atoms. The Bertz CT molecular complexity index is 337. The van der Waals surface area contributed by atoms with Gasteiger partial charge in [-0.15, -0.1) is 0 Å². The van der Waals surface area contributed by atoms with E-state index in [0.717, 1.165) is 17.5 Å². The molecule has 5 heteroatoms. The van der Waals surface area contributed by atoms with Crippen LogP contribution in [0.4, 0.5) is 5.13 Å². The summed E-state index contributed by atoms with van der Waals surface area (Å²) in [7, 11) is 0. The van der Waals surface area contributed by atoms with Gasteiger partial charge in [0.2, 0.25) is 5.13 Å². The zero-order valence-corrected chi connectivity index (χ0v) is 9.51. The summed E-state index contributed by atoms with van der Waals surface area (Å²) in [5, 5.41) is 10.7. The molecule has 1 aliphatic heterocycles. The first-order chi connectivity index (χ1) is 6.49. The number of nitrogens with zero attached hydrogens (tertiary/aromatic N) is 3. The van der Waals surface area contributed by atoms with Gasteiger partial charge in [0.05, 0.1) is 6.10 Å². The molecule has 0 spiro atoms. The molecular weight excluding hydrogens is 198 g/mol. The number of hydrogen-bond acceptors (Lipinski definition) is 5. The maximum Gasteiger partial charge on any atom is 0.205 e. The molecule has 0 radical (unpaired) electrons. The Labute approximate surface area is 87.8 Å². The van der Waals surface area contributed by atoms with Crippen molar-refractivity contribution in [2.24, 2.45) is 5.41 Å². The topological polar surface area (TPSA) is 49.2 Å². The van der Waals surface area contributed by atoms with Crippen LogP contribution in [0.3, 0.4) is 0 Å². The second kappa shape index (κ2) is 3.17. The lowest BCUT2D eigenvalue weighted by Crippen LogP contribution is -2.26. The molecule has 1 aromatic heterocycles. The van der Waals surface area contributed by atoms with Crippen molar-refractivity contribution in [3.8, 4) is 0 Å². The van der Waals surface area contributed by atoms with Crippen LogP contribution in [0.15, 0.2) is 0 Å². The van der Waals surface area contributed by atoms with Crippen molar-refractivity contribution in [3.63, 3.8) is 0 Å². The van der Waals surface area contributed by atoms with E-state index in [1.165, 1.54) is 11.5 Å². The number of rotatable bonds is 1. The molecule has 1 aromatic rings. The van der Waals surface area contributed by atoms with Gasteiger partial charge < -0.3 is 10.0 Å². The van der Waals surface area contributed by atoms with Crippen LogP contribution >= 0.6 is 11.5 Å². The van der Waals surface area contributed by atoms with Gasteiger partial charge in [0, 0.05) is 30.0 Å². The van der Waals surface area contributed by atoms with Crippen LogP contribution in [-0.4, -0.2) is 33.7 Å². The van der Waals surface area contributed by atoms with Gasteiger partial charge in [0.1, 0.15) is 5.82 Å². The van der Waals surface area contributed by atoms with Gasteiger partial charge in [-0.05, 0) is 6.92 Å². The van der Waals surface area contributed by atoms with E-state index < -0.39 is 0 Å². The van der Waals surface area contributed by atoms with E-state index in [9.17, 15) is 5.11 Å². The van der Waals surface area contributed by atoms with Crippen molar-refractivity contribution in [2.75, 3.05) is 18.0 Å². The number of aliphatic hydroxyl groups excluding tert-OH is 1. The van der Waals surface area contributed by atoms with E-state index in [-0.39, 0.29) is 11.5 Å². The van der Waals surface area contributed by atoms with E-state index in [0.29, 0.717) is 6.54 Å². The summed E-state index contributed by atoms with van der Waals surface area (Å²) in [5.74, 6) is 0.809. The summed E-state index contributed by atoms with van der Waals surface area (Å²) in [4.78, 5) is 6.42. The summed E-state index contributed by atoms with van der Waals surface area (Å²) in [6.07, 6.45) is -0.272. The van der Waals surface area contributed by atoms with Gasteiger partial charge in [-0.1, -0.05) is 13.8 Å². The van der Waals surface area contributed by atoms with Crippen LogP contribution in [0, 0.1) is 12.3 Å². The lowest BCUT2D eigenvalue weighted by molar-refractivity contribution is 0.0964. The van der Waals surface area contributed by atoms with Gasteiger partial charge in [0.15, 0.2) is 0 Å². The largest absolute Gasteiger partial charge is 0.391 e. The Kier molecular flexibility index (Phi) is 2.23. The Morgan fingerprint density at radius 2 is 2.29 bits per heavy atom. The zero-order chi connectivity index (χ0) is 10.3. The average Bonchev–Trinajstić information content (AvgIpc) is 2.58. The quantitative estimate of drug-likeness (QED) is 0.757. The van der Waals surface area contributed by atoms with E-state index in [4.69, 9.17) is 0 Å². The molecule has 1 saturated heterocycles. The highest BCUT2D eigenvalue weighted by Crippen LogP contribution is 2.33. The highest BCUT2D eigenvalue weighted by atomic mass is 32.1. The highest BCUT2D eigenvalue weighted by molar-refractivity contribution is 7.09. The predicted octanol–water partition coefficient (Wildman–Crippen LogP) is 1.05. The Morgan fingerprint density at radius 3 is 2.71 bits per heavy atom. The van der Waals surface area contributed by atoms with Crippen LogP contribution in [-0.2, 0) is 0 Å². The minimum absolute atomic E-state index is 0.0421. The fourth-order valence-electron chi connectivity index (χ4n) is 1.68. The summed E-state index contributed by atoms with van der Waals surface area (Å²) in [6, 6.07) is 0. The first-order valence-electron chi connectivity index (χ1n) is 4.72. The molecule has 0 saturated carbocycles. The summed E-state index contributed by atoms with van der Waals surface area (Å²) in [5.41, 5.74) is -0.0421. The maximum absolute atomic E-state index is 9.81. The van der Waals surface area contributed by atoms with Crippen molar-refractivity contribution < 1.29 is 5.11 Å². The highest BCUT2D eigenvalue weighted by Gasteiger charge is 2.39. The van der Waals surface area contributed by atoms with Gasteiger partial charge in [-0.3, -0.25) is 0 Å².